The number of rotatable bonds is 2. The normalized spacial score (nSPS) is 50.5. The number of hydrogen-bond donors (Lipinski definition) is 0. The van der Waals surface area contributed by atoms with Gasteiger partial charge in [-0.05, 0) is 82.2 Å². The molecule has 122 valence electrons. The monoisotopic (exact) mass is 304 g/mol. The highest BCUT2D eigenvalue weighted by Gasteiger charge is 2.69. The van der Waals surface area contributed by atoms with Crippen LogP contribution in [-0.2, 0) is 9.53 Å². The zero-order chi connectivity index (χ0) is 16.0. The topological polar surface area (TPSA) is 29.5 Å². The van der Waals surface area contributed by atoms with Gasteiger partial charge >= 0.3 is 5.97 Å². The smallest absolute Gasteiger partial charge is 0.310 e. The molecular formula is C19H29NO2. The summed E-state index contributed by atoms with van der Waals surface area (Å²) in [4.78, 5) is 14.7. The Morgan fingerprint density at radius 1 is 1.14 bits per heavy atom. The van der Waals surface area contributed by atoms with Crippen LogP contribution in [-0.4, -0.2) is 37.6 Å². The average molecular weight is 304 g/mol. The third kappa shape index (κ3) is 1.75. The van der Waals surface area contributed by atoms with Crippen LogP contribution in [0.1, 0.15) is 52.7 Å². The van der Waals surface area contributed by atoms with E-state index in [1.54, 1.807) is 0 Å². The van der Waals surface area contributed by atoms with Gasteiger partial charge in [0.25, 0.3) is 0 Å². The van der Waals surface area contributed by atoms with Gasteiger partial charge in [-0.3, -0.25) is 4.79 Å². The van der Waals surface area contributed by atoms with E-state index in [1.165, 1.54) is 44.9 Å². The van der Waals surface area contributed by atoms with E-state index < -0.39 is 5.89 Å². The summed E-state index contributed by atoms with van der Waals surface area (Å²) in [6.07, 6.45) is 10.4. The molecule has 3 heteroatoms. The van der Waals surface area contributed by atoms with Gasteiger partial charge < -0.3 is 9.64 Å². The molecule has 4 aliphatic carbocycles. The summed E-state index contributed by atoms with van der Waals surface area (Å²) in [6.45, 7) is 0.504. The van der Waals surface area contributed by atoms with Crippen LogP contribution in [0.25, 0.3) is 0 Å². The van der Waals surface area contributed by atoms with Gasteiger partial charge in [0.05, 0.1) is 5.89 Å². The first-order valence-corrected chi connectivity index (χ1v) is 9.26. The van der Waals surface area contributed by atoms with Crippen LogP contribution in [0.3, 0.4) is 0 Å². The molecule has 0 bridgehead atoms. The molecule has 1 aliphatic heterocycles. The molecule has 0 amide bonds. The molecule has 1 heterocycles. The second kappa shape index (κ2) is 4.28. The Morgan fingerprint density at radius 3 is 2.45 bits per heavy atom. The Bertz CT molecular complexity index is 554. The first-order valence-electron chi connectivity index (χ1n) is 9.76. The van der Waals surface area contributed by atoms with Crippen molar-refractivity contribution in [1.82, 2.24) is 4.90 Å². The minimum absolute atomic E-state index is 0.0370. The first-order chi connectivity index (χ1) is 10.9. The summed E-state index contributed by atoms with van der Waals surface area (Å²) in [6, 6.07) is 0. The molecular weight excluding hydrogens is 274 g/mol. The third-order valence-corrected chi connectivity index (χ3v) is 7.81. The van der Waals surface area contributed by atoms with Crippen LogP contribution in [0, 0.1) is 34.5 Å². The highest BCUT2D eigenvalue weighted by molar-refractivity contribution is 5.75. The average Bonchev–Trinajstić information content (AvgIpc) is 3.35. The van der Waals surface area contributed by atoms with Crippen LogP contribution in [0.15, 0.2) is 0 Å². The second-order valence-corrected chi connectivity index (χ2v) is 9.17. The lowest BCUT2D eigenvalue weighted by molar-refractivity contribution is -0.147. The van der Waals surface area contributed by atoms with Crippen molar-refractivity contribution in [2.75, 3.05) is 20.6 Å². The fourth-order valence-electron chi connectivity index (χ4n) is 6.45. The lowest BCUT2D eigenvalue weighted by Crippen LogP contribution is -2.36. The van der Waals surface area contributed by atoms with Crippen LogP contribution in [0.5, 0.6) is 0 Å². The zero-order valence-electron chi connectivity index (χ0n) is 14.9. The molecule has 2 spiro atoms. The van der Waals surface area contributed by atoms with Crippen LogP contribution in [0.2, 0.25) is 0 Å². The summed E-state index contributed by atoms with van der Waals surface area (Å²) < 4.78 is 15.0. The van der Waals surface area contributed by atoms with Crippen LogP contribution >= 0.6 is 0 Å². The SMILES string of the molecule is [2H][C@@]1(CN(C)C)C(=O)O[C@@H]2[C@@H]3[C@@H](CCC34CC4)C3(CC[C@H]21)CC3. The van der Waals surface area contributed by atoms with Crippen LogP contribution in [0.4, 0.5) is 0 Å². The third-order valence-electron chi connectivity index (χ3n) is 7.81. The highest BCUT2D eigenvalue weighted by atomic mass is 16.6. The molecule has 0 radical (unpaired) electrons. The van der Waals surface area contributed by atoms with Gasteiger partial charge in [-0.2, -0.15) is 0 Å². The first kappa shape index (κ1) is 12.8. The molecule has 0 N–H and O–H groups in total. The minimum atomic E-state index is -1.04. The predicted molar refractivity (Wildman–Crippen MR) is 84.2 cm³/mol. The van der Waals surface area contributed by atoms with Crippen molar-refractivity contribution in [2.24, 2.45) is 34.5 Å². The molecule has 0 aromatic carbocycles. The molecule has 3 nitrogen and oxygen atoms in total. The maximum atomic E-state index is 12.7. The van der Waals surface area contributed by atoms with Gasteiger partial charge in [0.15, 0.2) is 0 Å². The number of ether oxygens (including phenoxy) is 1. The molecule has 5 aliphatic rings. The Hall–Kier alpha value is -0.570. The largest absolute Gasteiger partial charge is 0.461 e. The molecule has 5 atom stereocenters. The quantitative estimate of drug-likeness (QED) is 0.734. The molecule has 0 unspecified atom stereocenters. The molecule has 1 saturated heterocycles. The van der Waals surface area contributed by atoms with E-state index >= 15 is 0 Å². The van der Waals surface area contributed by atoms with Crippen molar-refractivity contribution < 1.29 is 10.9 Å². The fraction of sp³-hybridized carbons (Fsp3) is 0.947. The van der Waals surface area contributed by atoms with E-state index in [1.807, 2.05) is 19.0 Å². The Labute approximate surface area is 135 Å². The van der Waals surface area contributed by atoms with E-state index in [4.69, 9.17) is 6.11 Å². The summed E-state index contributed by atoms with van der Waals surface area (Å²) in [5, 5.41) is 0. The van der Waals surface area contributed by atoms with Crippen molar-refractivity contribution in [3.05, 3.63) is 0 Å². The highest BCUT2D eigenvalue weighted by Crippen LogP contribution is 2.74. The van der Waals surface area contributed by atoms with Crippen molar-refractivity contribution >= 4 is 5.97 Å². The number of fused-ring (bicyclic) bond motifs is 5. The summed E-state index contributed by atoms with van der Waals surface area (Å²) in [5.74, 6) is 0.165. The van der Waals surface area contributed by atoms with Crippen molar-refractivity contribution in [1.29, 1.82) is 0 Å². The summed E-state index contributed by atoms with van der Waals surface area (Å²) in [7, 11) is 3.94. The van der Waals surface area contributed by atoms with Crippen molar-refractivity contribution in [3.63, 3.8) is 0 Å². The molecule has 22 heavy (non-hydrogen) atoms. The lowest BCUT2D eigenvalue weighted by Gasteiger charge is -2.33. The standard InChI is InChI=1S/C19H29NO2/c1-20(2)11-13-12-3-5-18(7-8-18)14-4-6-19(9-10-19)15(14)16(12)22-17(13)21/h12-16H,3-11H2,1-2H3/t12-,13-,14+,15-,16-/m0/s1/i13D. The van der Waals surface area contributed by atoms with Gasteiger partial charge in [0.2, 0.25) is 0 Å². The Kier molecular flexibility index (Phi) is 2.49. The number of carbonyl (C=O) groups is 1. The summed E-state index contributed by atoms with van der Waals surface area (Å²) >= 11 is 0. The molecule has 0 aromatic heterocycles. The second-order valence-electron chi connectivity index (χ2n) is 9.17. The van der Waals surface area contributed by atoms with E-state index in [-0.39, 0.29) is 18.0 Å². The van der Waals surface area contributed by atoms with Gasteiger partial charge in [0, 0.05) is 19.8 Å². The summed E-state index contributed by atoms with van der Waals surface area (Å²) in [5.41, 5.74) is 1.05. The van der Waals surface area contributed by atoms with E-state index in [0.717, 1.165) is 12.3 Å². The maximum absolute atomic E-state index is 12.7. The van der Waals surface area contributed by atoms with E-state index in [0.29, 0.717) is 23.3 Å². The molecule has 4 saturated carbocycles. The Morgan fingerprint density at radius 2 is 1.82 bits per heavy atom. The Balaban J connectivity index is 1.54. The predicted octanol–water partition coefficient (Wildman–Crippen LogP) is 3.09. The molecule has 5 fully saturated rings. The number of carbonyl (C=O) groups excluding carboxylic acids is 1. The van der Waals surface area contributed by atoms with Crippen molar-refractivity contribution in [2.45, 2.75) is 57.5 Å². The maximum Gasteiger partial charge on any atom is 0.310 e. The number of nitrogens with zero attached hydrogens (tertiary/aromatic N) is 1. The lowest BCUT2D eigenvalue weighted by atomic mass is 9.73. The van der Waals surface area contributed by atoms with E-state index in [9.17, 15) is 4.79 Å². The van der Waals surface area contributed by atoms with Gasteiger partial charge in [-0.1, -0.05) is 0 Å². The van der Waals surface area contributed by atoms with Gasteiger partial charge in [0.1, 0.15) is 6.10 Å². The van der Waals surface area contributed by atoms with Gasteiger partial charge in [-0.15, -0.1) is 0 Å². The fourth-order valence-corrected chi connectivity index (χ4v) is 6.45. The van der Waals surface area contributed by atoms with Crippen molar-refractivity contribution in [3.8, 4) is 0 Å². The van der Waals surface area contributed by atoms with Gasteiger partial charge in [-0.25, -0.2) is 0 Å². The minimum Gasteiger partial charge on any atom is -0.461 e. The zero-order valence-corrected chi connectivity index (χ0v) is 13.9. The van der Waals surface area contributed by atoms with Crippen LogP contribution < -0.4 is 0 Å². The van der Waals surface area contributed by atoms with E-state index in [2.05, 4.69) is 0 Å². The molecule has 0 aromatic rings. The number of hydrogen-bond acceptors (Lipinski definition) is 3. The number of esters is 1. The molecule has 5 rings (SSSR count).